The van der Waals surface area contributed by atoms with Gasteiger partial charge in [0.15, 0.2) is 0 Å². The van der Waals surface area contributed by atoms with Crippen molar-refractivity contribution in [3.05, 3.63) is 95.2 Å². The largest absolute Gasteiger partial charge is 0.508 e. The molecule has 1 aromatic heterocycles. The zero-order valence-corrected chi connectivity index (χ0v) is 18.0. The summed E-state index contributed by atoms with van der Waals surface area (Å²) in [7, 11) is 1.63. The summed E-state index contributed by atoms with van der Waals surface area (Å²) in [5, 5.41) is 27.8. The summed E-state index contributed by atoms with van der Waals surface area (Å²) in [5.74, 6) is 0.824. The molecule has 0 unspecified atom stereocenters. The standard InChI is InChI=1S/C26H23N3O4/c1-33-19-11-9-16(10-12-19)13-14-29-25(17-5-4-6-18(30)15-17)22-23(27-28-24(22)26(29)32)20-7-2-3-8-21(20)31/h2-12,15,25,30-31H,13-14H2,1H3,(H,27,28)/t25-/m0/s1. The molecule has 7 heteroatoms. The number of benzene rings is 3. The lowest BCUT2D eigenvalue weighted by molar-refractivity contribution is 0.0745. The van der Waals surface area contributed by atoms with E-state index in [4.69, 9.17) is 4.74 Å². The molecule has 3 aromatic carbocycles. The molecular weight excluding hydrogens is 418 g/mol. The molecule has 166 valence electrons. The maximum atomic E-state index is 13.4. The van der Waals surface area contributed by atoms with Gasteiger partial charge < -0.3 is 19.8 Å². The predicted octanol–water partition coefficient (Wildman–Crippen LogP) is 4.28. The number of phenols is 2. The average Bonchev–Trinajstić information content (AvgIpc) is 3.37. The molecule has 0 spiro atoms. The Morgan fingerprint density at radius 3 is 2.55 bits per heavy atom. The fourth-order valence-electron chi connectivity index (χ4n) is 4.39. The van der Waals surface area contributed by atoms with E-state index in [2.05, 4.69) is 10.2 Å². The van der Waals surface area contributed by atoms with Crippen molar-refractivity contribution in [2.75, 3.05) is 13.7 Å². The molecule has 0 radical (unpaired) electrons. The number of ether oxygens (including phenoxy) is 1. The summed E-state index contributed by atoms with van der Waals surface area (Å²) in [6.45, 7) is 0.466. The van der Waals surface area contributed by atoms with E-state index >= 15 is 0 Å². The van der Waals surface area contributed by atoms with E-state index < -0.39 is 6.04 Å². The second kappa shape index (κ2) is 8.35. The first-order valence-electron chi connectivity index (χ1n) is 10.7. The van der Waals surface area contributed by atoms with Crippen LogP contribution in [0.3, 0.4) is 0 Å². The number of H-pyrrole nitrogens is 1. The molecule has 0 fully saturated rings. The molecule has 0 saturated carbocycles. The number of rotatable bonds is 6. The summed E-state index contributed by atoms with van der Waals surface area (Å²) in [6, 6.07) is 21.1. The molecular formula is C26H23N3O4. The minimum atomic E-state index is -0.453. The minimum absolute atomic E-state index is 0.0885. The summed E-state index contributed by atoms with van der Waals surface area (Å²) >= 11 is 0. The molecule has 0 aliphatic carbocycles. The van der Waals surface area contributed by atoms with Crippen LogP contribution in [0.15, 0.2) is 72.8 Å². The molecule has 0 bridgehead atoms. The predicted molar refractivity (Wildman–Crippen MR) is 123 cm³/mol. The quantitative estimate of drug-likeness (QED) is 0.415. The van der Waals surface area contributed by atoms with Gasteiger partial charge in [0.2, 0.25) is 0 Å². The Hall–Kier alpha value is -4.26. The summed E-state index contributed by atoms with van der Waals surface area (Å²) in [4.78, 5) is 15.2. The third-order valence-electron chi connectivity index (χ3n) is 6.01. The SMILES string of the molecule is COc1ccc(CCN2C(=O)c3[nH]nc(-c4ccccc4O)c3[C@@H]2c2cccc(O)c2)cc1. The first-order valence-corrected chi connectivity index (χ1v) is 10.7. The van der Waals surface area contributed by atoms with E-state index in [1.807, 2.05) is 36.4 Å². The third-order valence-corrected chi connectivity index (χ3v) is 6.01. The van der Waals surface area contributed by atoms with E-state index in [1.165, 1.54) is 0 Å². The Morgan fingerprint density at radius 1 is 1.03 bits per heavy atom. The van der Waals surface area contributed by atoms with Gasteiger partial charge in [-0.15, -0.1) is 0 Å². The summed E-state index contributed by atoms with van der Waals surface area (Å²) in [6.07, 6.45) is 0.647. The van der Waals surface area contributed by atoms with Crippen LogP contribution < -0.4 is 4.74 Å². The lowest BCUT2D eigenvalue weighted by Crippen LogP contribution is -2.31. The van der Waals surface area contributed by atoms with Gasteiger partial charge in [0.25, 0.3) is 5.91 Å². The van der Waals surface area contributed by atoms with E-state index in [-0.39, 0.29) is 17.4 Å². The monoisotopic (exact) mass is 441 g/mol. The Bertz CT molecular complexity index is 1310. The molecule has 5 rings (SSSR count). The highest BCUT2D eigenvalue weighted by atomic mass is 16.5. The molecule has 1 aliphatic rings. The Kier molecular flexibility index (Phi) is 5.22. The molecule has 33 heavy (non-hydrogen) atoms. The van der Waals surface area contributed by atoms with Crippen molar-refractivity contribution in [3.8, 4) is 28.5 Å². The fraction of sp³-hybridized carbons (Fsp3) is 0.154. The lowest BCUT2D eigenvalue weighted by Gasteiger charge is -2.26. The van der Waals surface area contributed by atoms with E-state index in [1.54, 1.807) is 48.4 Å². The van der Waals surface area contributed by atoms with E-state index in [9.17, 15) is 15.0 Å². The fourth-order valence-corrected chi connectivity index (χ4v) is 4.39. The van der Waals surface area contributed by atoms with Crippen molar-refractivity contribution in [1.82, 2.24) is 15.1 Å². The zero-order chi connectivity index (χ0) is 22.9. The number of amides is 1. The number of para-hydroxylation sites is 1. The van der Waals surface area contributed by atoms with Gasteiger partial charge in [-0.25, -0.2) is 0 Å². The first kappa shape index (κ1) is 20.6. The van der Waals surface area contributed by atoms with Crippen molar-refractivity contribution in [2.45, 2.75) is 12.5 Å². The second-order valence-electron chi connectivity index (χ2n) is 7.97. The van der Waals surface area contributed by atoms with Gasteiger partial charge in [-0.1, -0.05) is 36.4 Å². The van der Waals surface area contributed by atoms with Gasteiger partial charge in [-0.3, -0.25) is 9.89 Å². The smallest absolute Gasteiger partial charge is 0.273 e. The van der Waals surface area contributed by atoms with Crippen molar-refractivity contribution in [2.24, 2.45) is 0 Å². The number of aromatic amines is 1. The average molecular weight is 441 g/mol. The van der Waals surface area contributed by atoms with Gasteiger partial charge >= 0.3 is 0 Å². The minimum Gasteiger partial charge on any atom is -0.508 e. The molecule has 3 N–H and O–H groups in total. The van der Waals surface area contributed by atoms with Crippen LogP contribution in [0.5, 0.6) is 17.2 Å². The highest BCUT2D eigenvalue weighted by Crippen LogP contribution is 2.44. The van der Waals surface area contributed by atoms with Gasteiger partial charge in [0.05, 0.1) is 13.2 Å². The molecule has 1 amide bonds. The Balaban J connectivity index is 1.55. The highest BCUT2D eigenvalue weighted by molar-refractivity contribution is 6.00. The zero-order valence-electron chi connectivity index (χ0n) is 18.0. The second-order valence-corrected chi connectivity index (χ2v) is 7.97. The number of aromatic hydroxyl groups is 2. The Morgan fingerprint density at radius 2 is 1.82 bits per heavy atom. The van der Waals surface area contributed by atoms with E-state index in [0.29, 0.717) is 35.5 Å². The number of phenolic OH excluding ortho intramolecular Hbond substituents is 2. The van der Waals surface area contributed by atoms with E-state index in [0.717, 1.165) is 16.9 Å². The molecule has 2 heterocycles. The normalized spacial score (nSPS) is 15.0. The van der Waals surface area contributed by atoms with Crippen LogP contribution in [-0.4, -0.2) is 44.9 Å². The number of nitrogens with one attached hydrogen (secondary N) is 1. The van der Waals surface area contributed by atoms with Crippen molar-refractivity contribution in [3.63, 3.8) is 0 Å². The topological polar surface area (TPSA) is 98.7 Å². The molecule has 4 aromatic rings. The molecule has 7 nitrogen and oxygen atoms in total. The molecule has 1 aliphatic heterocycles. The first-order chi connectivity index (χ1) is 16.1. The van der Waals surface area contributed by atoms with Crippen molar-refractivity contribution < 1.29 is 19.7 Å². The van der Waals surface area contributed by atoms with Crippen LogP contribution in [0.4, 0.5) is 0 Å². The van der Waals surface area contributed by atoms with Crippen molar-refractivity contribution in [1.29, 1.82) is 0 Å². The van der Waals surface area contributed by atoms with Gasteiger partial charge in [0.1, 0.15) is 28.6 Å². The van der Waals surface area contributed by atoms with Crippen LogP contribution in [-0.2, 0) is 6.42 Å². The molecule has 0 saturated heterocycles. The number of hydrogen-bond acceptors (Lipinski definition) is 5. The number of fused-ring (bicyclic) bond motifs is 1. The van der Waals surface area contributed by atoms with Gasteiger partial charge in [-0.2, -0.15) is 5.10 Å². The number of nitrogens with zero attached hydrogens (tertiary/aromatic N) is 2. The maximum Gasteiger partial charge on any atom is 0.273 e. The molecule has 1 atom stereocenters. The number of hydrogen-bond donors (Lipinski definition) is 3. The van der Waals surface area contributed by atoms with Crippen LogP contribution in [0.2, 0.25) is 0 Å². The highest BCUT2D eigenvalue weighted by Gasteiger charge is 2.42. The van der Waals surface area contributed by atoms with Crippen LogP contribution in [0.1, 0.15) is 33.2 Å². The van der Waals surface area contributed by atoms with Crippen LogP contribution in [0, 0.1) is 0 Å². The van der Waals surface area contributed by atoms with Crippen LogP contribution in [0.25, 0.3) is 11.3 Å². The summed E-state index contributed by atoms with van der Waals surface area (Å²) in [5.41, 5.74) is 4.02. The third kappa shape index (κ3) is 3.67. The maximum absolute atomic E-state index is 13.4. The number of carbonyl (C=O) groups is 1. The Labute approximate surface area is 190 Å². The number of methoxy groups -OCH3 is 1. The lowest BCUT2D eigenvalue weighted by atomic mass is 9.95. The van der Waals surface area contributed by atoms with Crippen molar-refractivity contribution >= 4 is 5.91 Å². The van der Waals surface area contributed by atoms with Gasteiger partial charge in [0, 0.05) is 17.7 Å². The summed E-state index contributed by atoms with van der Waals surface area (Å²) < 4.78 is 5.23. The number of aromatic nitrogens is 2. The van der Waals surface area contributed by atoms with Crippen LogP contribution >= 0.6 is 0 Å². The van der Waals surface area contributed by atoms with Gasteiger partial charge in [-0.05, 0) is 53.9 Å². The number of carbonyl (C=O) groups excluding carboxylic acids is 1.